The molecule has 3 rings (SSSR count). The van der Waals surface area contributed by atoms with Gasteiger partial charge in [0.05, 0.1) is 5.52 Å². The number of aromatic nitrogens is 1. The van der Waals surface area contributed by atoms with E-state index in [0.29, 0.717) is 16.5 Å². The minimum Gasteiger partial charge on any atom is -0.354 e. The molecule has 21 heavy (non-hydrogen) atoms. The molecule has 0 fully saturated rings. The van der Waals surface area contributed by atoms with Crippen molar-refractivity contribution in [3.63, 3.8) is 0 Å². The molecule has 0 aliphatic carbocycles. The van der Waals surface area contributed by atoms with E-state index in [1.165, 1.54) is 0 Å². The van der Waals surface area contributed by atoms with Gasteiger partial charge >= 0.3 is 0 Å². The lowest BCUT2D eigenvalue weighted by Crippen LogP contribution is -2.40. The zero-order chi connectivity index (χ0) is 15.0. The summed E-state index contributed by atoms with van der Waals surface area (Å²) in [5.41, 5.74) is 1.47. The van der Waals surface area contributed by atoms with Crippen LogP contribution in [-0.2, 0) is 4.79 Å². The van der Waals surface area contributed by atoms with Crippen LogP contribution in [0.15, 0.2) is 35.5 Å². The Kier molecular flexibility index (Phi) is 3.51. The van der Waals surface area contributed by atoms with Gasteiger partial charge in [-0.25, -0.2) is 4.99 Å². The quantitative estimate of drug-likeness (QED) is 0.895. The predicted octanol–water partition coefficient (Wildman–Crippen LogP) is 2.41. The second-order valence-corrected chi connectivity index (χ2v) is 5.61. The summed E-state index contributed by atoms with van der Waals surface area (Å²) in [6, 6.07) is 6.89. The lowest BCUT2D eigenvalue weighted by molar-refractivity contribution is -0.120. The molecule has 1 aromatic heterocycles. The van der Waals surface area contributed by atoms with Crippen LogP contribution in [0.1, 0.15) is 25.5 Å². The predicted molar refractivity (Wildman–Crippen MR) is 83.3 cm³/mol. The number of hydrogen-bond acceptors (Lipinski definition) is 4. The molecule has 0 saturated heterocycles. The van der Waals surface area contributed by atoms with E-state index in [1.54, 1.807) is 12.3 Å². The maximum Gasteiger partial charge on any atom is 0.256 e. The highest BCUT2D eigenvalue weighted by molar-refractivity contribution is 6.35. The Balaban J connectivity index is 2.07. The Hall–Kier alpha value is -2.14. The standard InChI is InChI=1S/C15H15ClN4O/c1-8(2)18-15-19-13(14(21)20-15)10-5-6-11(16)9-4-3-7-17-12(9)10/h3-8,13H,1-2H3,(H2,18,19,20,21). The number of nitrogens with zero attached hydrogens (tertiary/aromatic N) is 2. The fraction of sp³-hybridized carbons (Fsp3) is 0.267. The summed E-state index contributed by atoms with van der Waals surface area (Å²) < 4.78 is 0. The van der Waals surface area contributed by atoms with Crippen LogP contribution in [0.2, 0.25) is 5.02 Å². The number of fused-ring (bicyclic) bond motifs is 1. The molecule has 1 aliphatic rings. The molecule has 1 amide bonds. The smallest absolute Gasteiger partial charge is 0.256 e. The summed E-state index contributed by atoms with van der Waals surface area (Å²) in [5, 5.41) is 7.29. The number of benzene rings is 1. The van der Waals surface area contributed by atoms with Crippen LogP contribution in [0.5, 0.6) is 0 Å². The molecule has 1 aliphatic heterocycles. The average molecular weight is 303 g/mol. The highest BCUT2D eigenvalue weighted by Gasteiger charge is 2.30. The van der Waals surface area contributed by atoms with Crippen molar-refractivity contribution < 1.29 is 4.79 Å². The van der Waals surface area contributed by atoms with Gasteiger partial charge in [0.1, 0.15) is 0 Å². The summed E-state index contributed by atoms with van der Waals surface area (Å²) in [7, 11) is 0. The topological polar surface area (TPSA) is 66.4 Å². The molecule has 108 valence electrons. The van der Waals surface area contributed by atoms with E-state index < -0.39 is 6.04 Å². The first-order valence-corrected chi connectivity index (χ1v) is 7.12. The molecule has 6 heteroatoms. The third-order valence-electron chi connectivity index (χ3n) is 3.22. The van der Waals surface area contributed by atoms with Crippen molar-refractivity contribution in [2.45, 2.75) is 25.9 Å². The molecule has 0 radical (unpaired) electrons. The van der Waals surface area contributed by atoms with Crippen molar-refractivity contribution in [3.05, 3.63) is 41.0 Å². The van der Waals surface area contributed by atoms with Gasteiger partial charge in [-0.05, 0) is 32.0 Å². The van der Waals surface area contributed by atoms with E-state index in [1.807, 2.05) is 32.0 Å². The molecule has 5 nitrogen and oxygen atoms in total. The number of nitrogens with one attached hydrogen (secondary N) is 2. The molecular weight excluding hydrogens is 288 g/mol. The zero-order valence-electron chi connectivity index (χ0n) is 11.7. The SMILES string of the molecule is CC(C)NC1=NC(c2ccc(Cl)c3cccnc23)C(=O)N1. The number of carbonyl (C=O) groups excluding carboxylic acids is 1. The van der Waals surface area contributed by atoms with Gasteiger partial charge in [-0.15, -0.1) is 0 Å². The van der Waals surface area contributed by atoms with Crippen LogP contribution in [0, 0.1) is 0 Å². The van der Waals surface area contributed by atoms with Gasteiger partial charge in [-0.1, -0.05) is 17.7 Å². The van der Waals surface area contributed by atoms with Crippen LogP contribution in [0.3, 0.4) is 0 Å². The molecular formula is C15H15ClN4O. The normalized spacial score (nSPS) is 18.0. The van der Waals surface area contributed by atoms with E-state index in [0.717, 1.165) is 10.9 Å². The minimum atomic E-state index is -0.596. The van der Waals surface area contributed by atoms with Crippen molar-refractivity contribution in [2.75, 3.05) is 0 Å². The Labute approximate surface area is 127 Å². The maximum atomic E-state index is 12.2. The molecule has 2 heterocycles. The number of carbonyl (C=O) groups is 1. The van der Waals surface area contributed by atoms with Gasteiger partial charge in [0.25, 0.3) is 5.91 Å². The molecule has 0 spiro atoms. The van der Waals surface area contributed by atoms with Crippen molar-refractivity contribution in [1.29, 1.82) is 0 Å². The van der Waals surface area contributed by atoms with Crippen LogP contribution < -0.4 is 10.6 Å². The zero-order valence-corrected chi connectivity index (χ0v) is 12.5. The number of hydrogen-bond donors (Lipinski definition) is 2. The summed E-state index contributed by atoms with van der Waals surface area (Å²) >= 11 is 6.18. The number of amides is 1. The Bertz CT molecular complexity index is 742. The number of rotatable bonds is 2. The van der Waals surface area contributed by atoms with Crippen molar-refractivity contribution in [1.82, 2.24) is 15.6 Å². The fourth-order valence-corrected chi connectivity index (χ4v) is 2.56. The second-order valence-electron chi connectivity index (χ2n) is 5.20. The van der Waals surface area contributed by atoms with Crippen LogP contribution in [-0.4, -0.2) is 22.9 Å². The van der Waals surface area contributed by atoms with Crippen molar-refractivity contribution >= 4 is 34.4 Å². The summed E-state index contributed by atoms with van der Waals surface area (Å²) in [5.74, 6) is 0.339. The largest absolute Gasteiger partial charge is 0.354 e. The number of aliphatic imine (C=N–C) groups is 1. The van der Waals surface area contributed by atoms with Gasteiger partial charge < -0.3 is 5.32 Å². The highest BCUT2D eigenvalue weighted by Crippen LogP contribution is 2.31. The number of guanidine groups is 1. The van der Waals surface area contributed by atoms with Gasteiger partial charge in [0.2, 0.25) is 0 Å². The van der Waals surface area contributed by atoms with Crippen LogP contribution in [0.4, 0.5) is 0 Å². The molecule has 0 saturated carbocycles. The molecule has 0 bridgehead atoms. The van der Waals surface area contributed by atoms with Gasteiger partial charge in [0, 0.05) is 28.2 Å². The molecule has 1 unspecified atom stereocenters. The molecule has 2 N–H and O–H groups in total. The van der Waals surface area contributed by atoms with E-state index in [-0.39, 0.29) is 11.9 Å². The van der Waals surface area contributed by atoms with E-state index >= 15 is 0 Å². The maximum absolute atomic E-state index is 12.2. The van der Waals surface area contributed by atoms with Crippen LogP contribution >= 0.6 is 11.6 Å². The van der Waals surface area contributed by atoms with E-state index in [4.69, 9.17) is 11.6 Å². The third kappa shape index (κ3) is 2.56. The highest BCUT2D eigenvalue weighted by atomic mass is 35.5. The first-order valence-electron chi connectivity index (χ1n) is 6.74. The van der Waals surface area contributed by atoms with Gasteiger partial charge in [-0.2, -0.15) is 0 Å². The van der Waals surface area contributed by atoms with Crippen molar-refractivity contribution in [3.8, 4) is 0 Å². The number of halogens is 1. The Morgan fingerprint density at radius 2 is 2.14 bits per heavy atom. The first-order chi connectivity index (χ1) is 10.1. The Morgan fingerprint density at radius 3 is 2.90 bits per heavy atom. The fourth-order valence-electron chi connectivity index (χ4n) is 2.34. The first kappa shape index (κ1) is 13.8. The van der Waals surface area contributed by atoms with E-state index in [2.05, 4.69) is 20.6 Å². The lowest BCUT2D eigenvalue weighted by Gasteiger charge is -2.09. The lowest BCUT2D eigenvalue weighted by atomic mass is 10.0. The summed E-state index contributed by atoms with van der Waals surface area (Å²) in [6.45, 7) is 3.97. The van der Waals surface area contributed by atoms with Gasteiger partial charge in [-0.3, -0.25) is 15.1 Å². The summed E-state index contributed by atoms with van der Waals surface area (Å²) in [4.78, 5) is 20.9. The average Bonchev–Trinajstić information content (AvgIpc) is 2.79. The molecule has 1 aromatic carbocycles. The van der Waals surface area contributed by atoms with E-state index in [9.17, 15) is 4.79 Å². The van der Waals surface area contributed by atoms with Gasteiger partial charge in [0.15, 0.2) is 12.0 Å². The molecule has 2 aromatic rings. The third-order valence-corrected chi connectivity index (χ3v) is 3.55. The van der Waals surface area contributed by atoms with Crippen molar-refractivity contribution in [2.24, 2.45) is 4.99 Å². The Morgan fingerprint density at radius 1 is 1.33 bits per heavy atom. The minimum absolute atomic E-state index is 0.160. The monoisotopic (exact) mass is 302 g/mol. The van der Waals surface area contributed by atoms with Crippen LogP contribution in [0.25, 0.3) is 10.9 Å². The second kappa shape index (κ2) is 5.33. The molecule has 1 atom stereocenters. The summed E-state index contributed by atoms with van der Waals surface area (Å²) in [6.07, 6.45) is 1.69. The number of pyridine rings is 1.